The van der Waals surface area contributed by atoms with Crippen molar-refractivity contribution in [2.75, 3.05) is 15.7 Å². The number of halogens is 1. The summed E-state index contributed by atoms with van der Waals surface area (Å²) < 4.78 is 28.0. The van der Waals surface area contributed by atoms with Gasteiger partial charge in [-0.15, -0.1) is 0 Å². The third-order valence-corrected chi connectivity index (χ3v) is 8.31. The van der Waals surface area contributed by atoms with Crippen molar-refractivity contribution >= 4 is 38.9 Å². The molecule has 0 spiro atoms. The van der Waals surface area contributed by atoms with Gasteiger partial charge in [0.05, 0.1) is 10.6 Å². The van der Waals surface area contributed by atoms with Gasteiger partial charge in [0.15, 0.2) is 0 Å². The van der Waals surface area contributed by atoms with Crippen molar-refractivity contribution in [1.82, 2.24) is 0 Å². The van der Waals surface area contributed by atoms with Crippen molar-refractivity contribution in [2.45, 2.75) is 37.1 Å². The smallest absolute Gasteiger partial charge is 0.264 e. The monoisotopic (exact) mass is 466 g/mol. The molecule has 0 saturated heterocycles. The molecule has 3 aromatic carbocycles. The van der Waals surface area contributed by atoms with Gasteiger partial charge >= 0.3 is 0 Å². The summed E-state index contributed by atoms with van der Waals surface area (Å²) >= 11 is 5.93. The minimum absolute atomic E-state index is 0.0528. The van der Waals surface area contributed by atoms with Crippen LogP contribution in [0.1, 0.15) is 34.8 Å². The van der Waals surface area contributed by atoms with E-state index in [1.807, 2.05) is 29.2 Å². The van der Waals surface area contributed by atoms with E-state index in [4.69, 9.17) is 11.6 Å². The van der Waals surface area contributed by atoms with Gasteiger partial charge in [-0.25, -0.2) is 8.42 Å². The van der Waals surface area contributed by atoms with Crippen LogP contribution in [0.4, 0.5) is 11.4 Å². The van der Waals surface area contributed by atoms with Crippen LogP contribution in [0, 0.1) is 0 Å². The van der Waals surface area contributed by atoms with E-state index in [0.717, 1.165) is 24.1 Å². The van der Waals surface area contributed by atoms with Crippen LogP contribution in [0.25, 0.3) is 0 Å². The lowest BCUT2D eigenvalue weighted by Crippen LogP contribution is -2.37. The average molecular weight is 467 g/mol. The third kappa shape index (κ3) is 3.48. The topological polar surface area (TPSA) is 57.7 Å². The zero-order chi connectivity index (χ0) is 22.5. The zero-order valence-electron chi connectivity index (χ0n) is 17.7. The first-order chi connectivity index (χ1) is 15.4. The molecule has 2 heterocycles. The molecule has 3 aromatic rings. The average Bonchev–Trinajstić information content (AvgIpc) is 3.13. The molecule has 0 fully saturated rings. The lowest BCUT2D eigenvalue weighted by molar-refractivity contribution is 0.0981. The lowest BCUT2D eigenvalue weighted by Gasteiger charge is -2.31. The van der Waals surface area contributed by atoms with Gasteiger partial charge < -0.3 is 4.90 Å². The number of carbonyl (C=O) groups excluding carboxylic acids is 1. The Balaban J connectivity index is 1.49. The number of anilines is 2. The van der Waals surface area contributed by atoms with E-state index < -0.39 is 10.0 Å². The second-order valence-corrected chi connectivity index (χ2v) is 10.6. The van der Waals surface area contributed by atoms with Gasteiger partial charge in [-0.2, -0.15) is 0 Å². The van der Waals surface area contributed by atoms with E-state index in [-0.39, 0.29) is 16.8 Å². The van der Waals surface area contributed by atoms with E-state index >= 15 is 0 Å². The minimum Gasteiger partial charge on any atom is -0.305 e. The number of fused-ring (bicyclic) bond motifs is 2. The quantitative estimate of drug-likeness (QED) is 0.541. The molecule has 0 saturated carbocycles. The largest absolute Gasteiger partial charge is 0.305 e. The first-order valence-corrected chi connectivity index (χ1v) is 12.5. The standard InChI is InChI=1S/C25H23ClN2O3S/c1-17-15-18-5-2-3-7-24(18)28(17)25(29)20-8-13-23-19(16-20)6-4-14-27(23)32(30,31)22-11-9-21(26)10-12-22/h2-3,5,7-13,16-17H,4,6,14-15H2,1H3/t17-/m1/s1. The zero-order valence-corrected chi connectivity index (χ0v) is 19.2. The Bertz CT molecular complexity index is 1310. The maximum absolute atomic E-state index is 13.4. The van der Waals surface area contributed by atoms with E-state index in [9.17, 15) is 13.2 Å². The molecule has 0 bridgehead atoms. The summed E-state index contributed by atoms with van der Waals surface area (Å²) in [7, 11) is -3.71. The molecule has 1 amide bonds. The van der Waals surface area contributed by atoms with Gasteiger partial charge in [-0.3, -0.25) is 9.10 Å². The van der Waals surface area contributed by atoms with Crippen LogP contribution in [-0.4, -0.2) is 26.9 Å². The number of benzene rings is 3. The van der Waals surface area contributed by atoms with Crippen molar-refractivity contribution in [3.05, 3.63) is 88.4 Å². The second-order valence-electron chi connectivity index (χ2n) is 8.34. The maximum Gasteiger partial charge on any atom is 0.264 e. The molecule has 2 aliphatic heterocycles. The molecule has 0 aromatic heterocycles. The van der Waals surface area contributed by atoms with Crippen LogP contribution in [0.2, 0.25) is 5.02 Å². The lowest BCUT2D eigenvalue weighted by atomic mass is 10.00. The Morgan fingerprint density at radius 3 is 2.50 bits per heavy atom. The van der Waals surface area contributed by atoms with Gasteiger partial charge in [-0.05, 0) is 85.8 Å². The fourth-order valence-corrected chi connectivity index (χ4v) is 6.36. The molecule has 1 atom stereocenters. The van der Waals surface area contributed by atoms with Gasteiger partial charge in [0.25, 0.3) is 15.9 Å². The molecular formula is C25H23ClN2O3S. The summed E-state index contributed by atoms with van der Waals surface area (Å²) in [5, 5.41) is 0.490. The number of sulfonamides is 1. The molecule has 0 radical (unpaired) electrons. The Kier molecular flexibility index (Phi) is 5.22. The maximum atomic E-state index is 13.4. The third-order valence-electron chi connectivity index (χ3n) is 6.23. The summed E-state index contributed by atoms with van der Waals surface area (Å²) in [5.74, 6) is -0.0528. The number of hydrogen-bond acceptors (Lipinski definition) is 3. The Morgan fingerprint density at radius 2 is 1.72 bits per heavy atom. The van der Waals surface area contributed by atoms with Crippen LogP contribution < -0.4 is 9.21 Å². The normalized spacial score (nSPS) is 17.8. The van der Waals surface area contributed by atoms with Crippen molar-refractivity contribution in [3.8, 4) is 0 Å². The van der Waals surface area contributed by atoms with Crippen LogP contribution >= 0.6 is 11.6 Å². The van der Waals surface area contributed by atoms with Crippen LogP contribution in [0.15, 0.2) is 71.6 Å². The number of aryl methyl sites for hydroxylation is 1. The van der Waals surface area contributed by atoms with Crippen LogP contribution in [0.5, 0.6) is 0 Å². The van der Waals surface area contributed by atoms with Crippen LogP contribution in [0.3, 0.4) is 0 Å². The summed E-state index contributed by atoms with van der Waals surface area (Å²) in [6, 6.07) is 19.6. The van der Waals surface area contributed by atoms with Crippen molar-refractivity contribution < 1.29 is 13.2 Å². The summed E-state index contributed by atoms with van der Waals surface area (Å²) in [6.07, 6.45) is 2.26. The number of para-hydroxylation sites is 1. The van der Waals surface area contributed by atoms with Crippen molar-refractivity contribution in [3.63, 3.8) is 0 Å². The molecule has 32 heavy (non-hydrogen) atoms. The van der Waals surface area contributed by atoms with Gasteiger partial charge in [-0.1, -0.05) is 29.8 Å². The van der Waals surface area contributed by atoms with Crippen LogP contribution in [-0.2, 0) is 22.9 Å². The fraction of sp³-hybridized carbons (Fsp3) is 0.240. The molecular weight excluding hydrogens is 444 g/mol. The number of rotatable bonds is 3. The van der Waals surface area contributed by atoms with E-state index in [1.54, 1.807) is 24.3 Å². The Morgan fingerprint density at radius 1 is 0.969 bits per heavy atom. The van der Waals surface area contributed by atoms with E-state index in [1.165, 1.54) is 22.0 Å². The van der Waals surface area contributed by atoms with Crippen molar-refractivity contribution in [2.24, 2.45) is 0 Å². The molecule has 5 rings (SSSR count). The summed E-state index contributed by atoms with van der Waals surface area (Å²) in [6.45, 7) is 2.46. The van der Waals surface area contributed by atoms with Gasteiger partial charge in [0.2, 0.25) is 0 Å². The SMILES string of the molecule is C[C@@H]1Cc2ccccc2N1C(=O)c1ccc2c(c1)CCCN2S(=O)(=O)c1ccc(Cl)cc1. The highest BCUT2D eigenvalue weighted by atomic mass is 35.5. The predicted octanol–water partition coefficient (Wildman–Crippen LogP) is 5.07. The summed E-state index contributed by atoms with van der Waals surface area (Å²) in [5.41, 5.74) is 4.22. The highest BCUT2D eigenvalue weighted by molar-refractivity contribution is 7.92. The molecule has 5 nitrogen and oxygen atoms in total. The first-order valence-electron chi connectivity index (χ1n) is 10.7. The highest BCUT2D eigenvalue weighted by Gasteiger charge is 2.33. The van der Waals surface area contributed by atoms with Gasteiger partial charge in [0.1, 0.15) is 0 Å². The molecule has 0 unspecified atom stereocenters. The Hall–Kier alpha value is -2.83. The molecule has 2 aliphatic rings. The summed E-state index contributed by atoms with van der Waals surface area (Å²) in [4.78, 5) is 15.5. The molecule has 7 heteroatoms. The van der Waals surface area contributed by atoms with E-state index in [2.05, 4.69) is 13.0 Å². The number of nitrogens with zero attached hydrogens (tertiary/aromatic N) is 2. The first kappa shape index (κ1) is 21.0. The molecule has 0 N–H and O–H groups in total. The van der Waals surface area contributed by atoms with Gasteiger partial charge in [0, 0.05) is 28.9 Å². The number of hydrogen-bond donors (Lipinski definition) is 0. The Labute approximate surface area is 193 Å². The predicted molar refractivity (Wildman–Crippen MR) is 127 cm³/mol. The number of amides is 1. The highest BCUT2D eigenvalue weighted by Crippen LogP contribution is 2.36. The van der Waals surface area contributed by atoms with Crippen molar-refractivity contribution in [1.29, 1.82) is 0 Å². The molecule has 164 valence electrons. The molecule has 0 aliphatic carbocycles. The minimum atomic E-state index is -3.71. The number of carbonyl (C=O) groups is 1. The second kappa shape index (κ2) is 7.94. The fourth-order valence-electron chi connectivity index (χ4n) is 4.69. The van der Waals surface area contributed by atoms with E-state index in [0.29, 0.717) is 29.2 Å².